The maximum atomic E-state index is 13.9. The van der Waals surface area contributed by atoms with Gasteiger partial charge in [-0.2, -0.15) is 5.10 Å². The topological polar surface area (TPSA) is 158 Å². The minimum absolute atomic E-state index is 0.0942. The molecule has 0 radical (unpaired) electrons. The molecule has 4 N–H and O–H groups in total. The zero-order valence-corrected chi connectivity index (χ0v) is 22.5. The van der Waals surface area contributed by atoms with Crippen LogP contribution in [0.4, 0.5) is 17.6 Å². The van der Waals surface area contributed by atoms with Crippen molar-refractivity contribution < 1.29 is 46.5 Å². The largest absolute Gasteiger partial charge is 0.573 e. The highest BCUT2D eigenvalue weighted by atomic mass is 19.4. The molecule has 3 aliphatic carbocycles. The highest BCUT2D eigenvalue weighted by Crippen LogP contribution is 2.57. The lowest BCUT2D eigenvalue weighted by Gasteiger charge is -2.51. The number of ether oxygens (including phenoxy) is 2. The SMILES string of the molecule is COC(=O)C12CCC(CNC(=O)c3cc(C(=O)O)nc4c(F)cnn34)(CC1)CC2.NCc1cccc(OC(F)(F)F)c1. The fourth-order valence-corrected chi connectivity index (χ4v) is 5.49. The molecule has 2 heterocycles. The fraction of sp³-hybridized carbons (Fsp3) is 0.444. The van der Waals surface area contributed by atoms with E-state index in [0.717, 1.165) is 55.3 Å². The average molecular weight is 596 g/mol. The first-order chi connectivity index (χ1) is 19.8. The number of rotatable bonds is 7. The number of aromatic carboxylic acids is 1. The van der Waals surface area contributed by atoms with Gasteiger partial charge in [0, 0.05) is 19.2 Å². The lowest BCUT2D eigenvalue weighted by atomic mass is 9.53. The molecule has 0 atom stereocenters. The molecule has 3 fully saturated rings. The first-order valence-electron chi connectivity index (χ1n) is 13.0. The first-order valence-corrected chi connectivity index (χ1v) is 13.0. The number of halogens is 4. The molecule has 226 valence electrons. The third-order valence-corrected chi connectivity index (χ3v) is 7.89. The second kappa shape index (κ2) is 11.9. The van der Waals surface area contributed by atoms with Gasteiger partial charge in [-0.25, -0.2) is 18.7 Å². The highest BCUT2D eigenvalue weighted by Gasteiger charge is 2.53. The second-order valence-electron chi connectivity index (χ2n) is 10.4. The molecule has 0 aliphatic heterocycles. The van der Waals surface area contributed by atoms with Gasteiger partial charge >= 0.3 is 18.3 Å². The maximum Gasteiger partial charge on any atom is 0.573 e. The molecule has 6 rings (SSSR count). The highest BCUT2D eigenvalue weighted by molar-refractivity contribution is 5.96. The zero-order valence-electron chi connectivity index (χ0n) is 22.5. The van der Waals surface area contributed by atoms with Gasteiger partial charge in [-0.1, -0.05) is 12.1 Å². The third kappa shape index (κ3) is 6.61. The van der Waals surface area contributed by atoms with Crippen molar-refractivity contribution in [3.05, 3.63) is 59.3 Å². The van der Waals surface area contributed by atoms with E-state index in [4.69, 9.17) is 10.5 Å². The fourth-order valence-electron chi connectivity index (χ4n) is 5.49. The number of methoxy groups -OCH3 is 1. The molecule has 0 saturated heterocycles. The quantitative estimate of drug-likeness (QED) is 0.273. The molecule has 15 heteroatoms. The van der Waals surface area contributed by atoms with Crippen molar-refractivity contribution >= 4 is 23.5 Å². The molecule has 0 spiro atoms. The molecule has 3 aliphatic rings. The van der Waals surface area contributed by atoms with Crippen LogP contribution in [0.3, 0.4) is 0 Å². The number of carbonyl (C=O) groups is 3. The number of amides is 1. The maximum absolute atomic E-state index is 13.9. The van der Waals surface area contributed by atoms with Crippen molar-refractivity contribution in [3.63, 3.8) is 0 Å². The van der Waals surface area contributed by atoms with Gasteiger partial charge in [-0.05, 0) is 61.6 Å². The molecule has 3 aromatic rings. The molecule has 2 aromatic heterocycles. The van der Waals surface area contributed by atoms with Crippen molar-refractivity contribution in [1.29, 1.82) is 0 Å². The number of esters is 1. The van der Waals surface area contributed by atoms with Gasteiger partial charge in [0.25, 0.3) is 5.91 Å². The molecular formula is C27H29F4N5O6. The molecule has 1 amide bonds. The standard InChI is InChI=1S/C19H21FN4O5.C8H8F3NO/c1-29-17(28)19-5-2-18(3-6-19,4-7-19)10-21-15(25)13-8-12(16(26)27)23-14-11(20)9-22-24(13)14;9-8(10,11)13-7-3-1-2-6(4-7)5-12/h8-9H,2-7,10H2,1H3,(H,21,25)(H,26,27);1-4H,5,12H2. The van der Waals surface area contributed by atoms with Crippen LogP contribution >= 0.6 is 0 Å². The summed E-state index contributed by atoms with van der Waals surface area (Å²) >= 11 is 0. The summed E-state index contributed by atoms with van der Waals surface area (Å²) in [5.41, 5.74) is 4.49. The van der Waals surface area contributed by atoms with E-state index in [1.165, 1.54) is 25.3 Å². The van der Waals surface area contributed by atoms with Crippen LogP contribution in [0.1, 0.15) is 65.1 Å². The van der Waals surface area contributed by atoms with Gasteiger partial charge in [-0.15, -0.1) is 13.2 Å². The average Bonchev–Trinajstić information content (AvgIpc) is 3.36. The Hall–Kier alpha value is -4.27. The number of carboxylic acid groups (broad SMARTS) is 1. The number of carbonyl (C=O) groups excluding carboxylic acids is 2. The monoisotopic (exact) mass is 595 g/mol. The van der Waals surface area contributed by atoms with Crippen LogP contribution in [0.2, 0.25) is 0 Å². The Bertz CT molecular complexity index is 1470. The minimum Gasteiger partial charge on any atom is -0.477 e. The van der Waals surface area contributed by atoms with E-state index in [9.17, 15) is 37.1 Å². The summed E-state index contributed by atoms with van der Waals surface area (Å²) in [5.74, 6) is -3.11. The van der Waals surface area contributed by atoms with E-state index >= 15 is 0 Å². The van der Waals surface area contributed by atoms with Crippen molar-refractivity contribution in [1.82, 2.24) is 19.9 Å². The third-order valence-electron chi connectivity index (χ3n) is 7.89. The summed E-state index contributed by atoms with van der Waals surface area (Å²) in [6.45, 7) is 0.577. The summed E-state index contributed by atoms with van der Waals surface area (Å²) < 4.78 is 58.7. The smallest absolute Gasteiger partial charge is 0.477 e. The summed E-state index contributed by atoms with van der Waals surface area (Å²) in [6.07, 6.45) is 0.805. The van der Waals surface area contributed by atoms with E-state index in [0.29, 0.717) is 12.1 Å². The van der Waals surface area contributed by atoms with Crippen molar-refractivity contribution in [2.75, 3.05) is 13.7 Å². The van der Waals surface area contributed by atoms with Crippen molar-refractivity contribution in [3.8, 4) is 5.75 Å². The number of nitrogens with one attached hydrogen (secondary N) is 1. The van der Waals surface area contributed by atoms with Gasteiger partial charge in [0.05, 0.1) is 18.7 Å². The van der Waals surface area contributed by atoms with Crippen LogP contribution in [0, 0.1) is 16.6 Å². The number of hydrogen-bond donors (Lipinski definition) is 3. The lowest BCUT2D eigenvalue weighted by molar-refractivity contribution is -0.274. The minimum atomic E-state index is -4.65. The van der Waals surface area contributed by atoms with Crippen molar-refractivity contribution in [2.45, 2.75) is 51.4 Å². The second-order valence-corrected chi connectivity index (χ2v) is 10.4. The van der Waals surface area contributed by atoms with E-state index in [-0.39, 0.29) is 35.0 Å². The van der Waals surface area contributed by atoms with Gasteiger partial charge in [-0.3, -0.25) is 9.59 Å². The Morgan fingerprint density at radius 1 is 1.12 bits per heavy atom. The Kier molecular flexibility index (Phi) is 8.71. The van der Waals surface area contributed by atoms with E-state index in [1.54, 1.807) is 6.07 Å². The molecule has 0 unspecified atom stereocenters. The Balaban J connectivity index is 0.000000262. The number of aromatic nitrogens is 3. The Labute approximate surface area is 237 Å². The number of hydrogen-bond acceptors (Lipinski definition) is 8. The lowest BCUT2D eigenvalue weighted by Crippen LogP contribution is -2.50. The van der Waals surface area contributed by atoms with Crippen LogP contribution in [-0.4, -0.2) is 57.6 Å². The molecule has 11 nitrogen and oxygen atoms in total. The van der Waals surface area contributed by atoms with Gasteiger partial charge in [0.2, 0.25) is 0 Å². The Morgan fingerprint density at radius 2 is 1.79 bits per heavy atom. The predicted octanol–water partition coefficient (Wildman–Crippen LogP) is 3.85. The predicted molar refractivity (Wildman–Crippen MR) is 138 cm³/mol. The van der Waals surface area contributed by atoms with Crippen molar-refractivity contribution in [2.24, 2.45) is 16.6 Å². The van der Waals surface area contributed by atoms with Crippen LogP contribution < -0.4 is 15.8 Å². The molecular weight excluding hydrogens is 566 g/mol. The van der Waals surface area contributed by atoms with E-state index < -0.39 is 35.2 Å². The summed E-state index contributed by atoms with van der Waals surface area (Å²) in [5, 5.41) is 15.8. The number of nitrogens with two attached hydrogens (primary N) is 1. The number of benzene rings is 1. The van der Waals surface area contributed by atoms with Gasteiger partial charge < -0.3 is 25.6 Å². The number of carboxylic acids is 1. The van der Waals surface area contributed by atoms with E-state index in [1.807, 2.05) is 0 Å². The number of nitrogens with zero attached hydrogens (tertiary/aromatic N) is 3. The van der Waals surface area contributed by atoms with E-state index in [2.05, 4.69) is 20.1 Å². The first kappa shape index (κ1) is 30.7. The van der Waals surface area contributed by atoms with Gasteiger partial charge in [0.1, 0.15) is 11.4 Å². The molecule has 1 aromatic carbocycles. The summed E-state index contributed by atoms with van der Waals surface area (Å²) in [7, 11) is 1.41. The molecule has 3 saturated carbocycles. The zero-order chi connectivity index (χ0) is 30.7. The molecule has 42 heavy (non-hydrogen) atoms. The number of alkyl halides is 3. The van der Waals surface area contributed by atoms with Crippen LogP contribution in [-0.2, 0) is 16.1 Å². The normalized spacial score (nSPS) is 21.3. The summed E-state index contributed by atoms with van der Waals surface area (Å²) in [6, 6.07) is 6.66. The van der Waals surface area contributed by atoms with Crippen LogP contribution in [0.5, 0.6) is 5.75 Å². The van der Waals surface area contributed by atoms with Crippen LogP contribution in [0.25, 0.3) is 5.65 Å². The van der Waals surface area contributed by atoms with Crippen LogP contribution in [0.15, 0.2) is 36.5 Å². The van der Waals surface area contributed by atoms with Gasteiger partial charge in [0.15, 0.2) is 17.2 Å². The number of fused-ring (bicyclic) bond motifs is 4. The summed E-state index contributed by atoms with van der Waals surface area (Å²) in [4.78, 5) is 39.9. The Morgan fingerprint density at radius 3 is 2.36 bits per heavy atom. The molecule has 2 bridgehead atoms.